The van der Waals surface area contributed by atoms with Crippen LogP contribution in [0, 0.1) is 5.41 Å². The van der Waals surface area contributed by atoms with Crippen LogP contribution in [0.3, 0.4) is 0 Å². The monoisotopic (exact) mass is 326 g/mol. The van der Waals surface area contributed by atoms with E-state index < -0.39 is 0 Å². The van der Waals surface area contributed by atoms with Gasteiger partial charge >= 0.3 is 0 Å². The van der Waals surface area contributed by atoms with Crippen molar-refractivity contribution < 1.29 is 9.90 Å². The van der Waals surface area contributed by atoms with E-state index in [1.165, 1.54) is 22.8 Å². The van der Waals surface area contributed by atoms with Crippen LogP contribution in [-0.4, -0.2) is 17.5 Å². The van der Waals surface area contributed by atoms with E-state index in [2.05, 4.69) is 45.9 Å². The molecule has 130 valence electrons. The highest BCUT2D eigenvalue weighted by atomic mass is 16.3. The molecule has 0 radical (unpaired) electrons. The third kappa shape index (κ3) is 6.67. The molecule has 24 heavy (non-hydrogen) atoms. The molecular weight excluding hydrogens is 296 g/mol. The number of hydrogen-bond donors (Lipinski definition) is 1. The summed E-state index contributed by atoms with van der Waals surface area (Å²) >= 11 is 0. The minimum absolute atomic E-state index is 0.0125. The molecule has 1 aliphatic rings. The number of allylic oxidation sites excluding steroid dienone is 11. The Bertz CT molecular complexity index is 622. The third-order valence-corrected chi connectivity index (χ3v) is 4.26. The van der Waals surface area contributed by atoms with E-state index in [4.69, 9.17) is 0 Å². The maximum atomic E-state index is 10.2. The van der Waals surface area contributed by atoms with E-state index in [9.17, 15) is 9.90 Å². The van der Waals surface area contributed by atoms with Crippen molar-refractivity contribution in [2.24, 2.45) is 5.41 Å². The summed E-state index contributed by atoms with van der Waals surface area (Å²) in [5, 5.41) is 9.95. The molecule has 1 atom stereocenters. The number of aliphatic hydroxyl groups is 1. The van der Waals surface area contributed by atoms with Crippen molar-refractivity contribution in [1.29, 1.82) is 0 Å². The van der Waals surface area contributed by atoms with Crippen molar-refractivity contribution in [2.45, 2.75) is 53.6 Å². The molecule has 0 fully saturated rings. The Morgan fingerprint density at radius 1 is 1.08 bits per heavy atom. The molecule has 0 saturated carbocycles. The van der Waals surface area contributed by atoms with Crippen LogP contribution >= 0.6 is 0 Å². The lowest BCUT2D eigenvalue weighted by atomic mass is 9.71. The van der Waals surface area contributed by atoms with Gasteiger partial charge in [0.05, 0.1) is 6.10 Å². The lowest BCUT2D eigenvalue weighted by Crippen LogP contribution is -2.28. The summed E-state index contributed by atoms with van der Waals surface area (Å²) in [7, 11) is 0. The van der Waals surface area contributed by atoms with E-state index in [1.54, 1.807) is 6.08 Å². The third-order valence-electron chi connectivity index (χ3n) is 4.26. The zero-order valence-electron chi connectivity index (χ0n) is 15.5. The average Bonchev–Trinajstić information content (AvgIpc) is 2.45. The van der Waals surface area contributed by atoms with Crippen molar-refractivity contribution in [3.05, 3.63) is 70.9 Å². The summed E-state index contributed by atoms with van der Waals surface area (Å²) in [5.74, 6) is 0. The van der Waals surface area contributed by atoms with Gasteiger partial charge in [0.1, 0.15) is 6.29 Å². The summed E-state index contributed by atoms with van der Waals surface area (Å²) in [4.78, 5) is 10.2. The molecule has 0 aromatic rings. The highest BCUT2D eigenvalue weighted by Gasteiger charge is 2.31. The van der Waals surface area contributed by atoms with Gasteiger partial charge in [0, 0.05) is 0 Å². The van der Waals surface area contributed by atoms with Crippen LogP contribution < -0.4 is 0 Å². The quantitative estimate of drug-likeness (QED) is 0.411. The van der Waals surface area contributed by atoms with Crippen molar-refractivity contribution in [2.75, 3.05) is 0 Å². The van der Waals surface area contributed by atoms with Crippen molar-refractivity contribution in [3.63, 3.8) is 0 Å². The standard InChI is InChI=1S/C22H30O2/c1-17(9-6-7-14-23)10-8-11-18(2)12-13-21-19(3)15-20(24)16-22(21,4)5/h6-14,20,24H,15-16H2,1-5H3/b7-6+,10-8+,13-12+,17-9+,18-11+. The number of aliphatic hydroxyl groups excluding tert-OH is 1. The Balaban J connectivity index is 2.79. The zero-order valence-corrected chi connectivity index (χ0v) is 15.5. The molecule has 0 amide bonds. The smallest absolute Gasteiger partial charge is 0.142 e. The van der Waals surface area contributed by atoms with Crippen LogP contribution in [0.4, 0.5) is 0 Å². The number of aldehydes is 1. The number of rotatable bonds is 6. The van der Waals surface area contributed by atoms with Gasteiger partial charge in [0.15, 0.2) is 0 Å². The van der Waals surface area contributed by atoms with Crippen LogP contribution in [0.15, 0.2) is 70.9 Å². The van der Waals surface area contributed by atoms with Crippen molar-refractivity contribution in [3.8, 4) is 0 Å². The summed E-state index contributed by atoms with van der Waals surface area (Å²) in [6.45, 7) is 10.6. The van der Waals surface area contributed by atoms with Gasteiger partial charge in [0.25, 0.3) is 0 Å². The van der Waals surface area contributed by atoms with E-state index in [0.29, 0.717) is 0 Å². The maximum Gasteiger partial charge on any atom is 0.142 e. The van der Waals surface area contributed by atoms with E-state index in [0.717, 1.165) is 24.7 Å². The molecular formula is C22H30O2. The van der Waals surface area contributed by atoms with Crippen LogP contribution in [0.2, 0.25) is 0 Å². The lowest BCUT2D eigenvalue weighted by Gasteiger charge is -2.35. The molecule has 1 rings (SSSR count). The average molecular weight is 326 g/mol. The zero-order chi connectivity index (χ0) is 18.2. The lowest BCUT2D eigenvalue weighted by molar-refractivity contribution is -0.104. The number of carbonyl (C=O) groups is 1. The molecule has 1 N–H and O–H groups in total. The Labute approximate surface area is 146 Å². The Morgan fingerprint density at radius 3 is 2.33 bits per heavy atom. The SMILES string of the molecule is CC1=C(/C=C/C(C)=C/C=C/C(C)=C/C=C/C=O)C(C)(C)CC(O)C1. The Kier molecular flexibility index (Phi) is 7.87. The van der Waals surface area contributed by atoms with Gasteiger partial charge in [-0.1, -0.05) is 73.1 Å². The minimum Gasteiger partial charge on any atom is -0.393 e. The van der Waals surface area contributed by atoms with Gasteiger partial charge in [-0.05, 0) is 50.7 Å². The second-order valence-corrected chi connectivity index (χ2v) is 7.17. The second kappa shape index (κ2) is 9.39. The molecule has 0 aromatic carbocycles. The largest absolute Gasteiger partial charge is 0.393 e. The molecule has 0 spiro atoms. The van der Waals surface area contributed by atoms with Crippen LogP contribution in [0.5, 0.6) is 0 Å². The molecule has 0 aliphatic heterocycles. The van der Waals surface area contributed by atoms with Gasteiger partial charge < -0.3 is 5.11 Å². The molecule has 2 nitrogen and oxygen atoms in total. The summed E-state index contributed by atoms with van der Waals surface area (Å²) in [5.41, 5.74) is 4.88. The maximum absolute atomic E-state index is 10.2. The fourth-order valence-corrected chi connectivity index (χ4v) is 3.11. The van der Waals surface area contributed by atoms with Gasteiger partial charge in [-0.2, -0.15) is 0 Å². The van der Waals surface area contributed by atoms with E-state index in [-0.39, 0.29) is 11.5 Å². The Hall–Kier alpha value is -1.93. The van der Waals surface area contributed by atoms with Gasteiger partial charge in [-0.15, -0.1) is 0 Å². The van der Waals surface area contributed by atoms with Gasteiger partial charge in [-0.3, -0.25) is 4.79 Å². The van der Waals surface area contributed by atoms with Crippen LogP contribution in [-0.2, 0) is 4.79 Å². The highest BCUT2D eigenvalue weighted by Crippen LogP contribution is 2.40. The van der Waals surface area contributed by atoms with Crippen LogP contribution in [0.25, 0.3) is 0 Å². The van der Waals surface area contributed by atoms with E-state index in [1.807, 2.05) is 25.2 Å². The van der Waals surface area contributed by atoms with Gasteiger partial charge in [0.2, 0.25) is 0 Å². The molecule has 0 aromatic heterocycles. The first kappa shape index (κ1) is 20.1. The summed E-state index contributed by atoms with van der Waals surface area (Å²) in [6, 6.07) is 0. The highest BCUT2D eigenvalue weighted by molar-refractivity contribution is 5.65. The summed E-state index contributed by atoms with van der Waals surface area (Å²) in [6.07, 6.45) is 17.6. The molecule has 1 unspecified atom stereocenters. The molecule has 0 bridgehead atoms. The van der Waals surface area contributed by atoms with Crippen LogP contribution in [0.1, 0.15) is 47.5 Å². The first-order valence-electron chi connectivity index (χ1n) is 8.46. The number of carbonyl (C=O) groups excluding carboxylic acids is 1. The topological polar surface area (TPSA) is 37.3 Å². The van der Waals surface area contributed by atoms with Crippen molar-refractivity contribution in [1.82, 2.24) is 0 Å². The first-order valence-corrected chi connectivity index (χ1v) is 8.46. The minimum atomic E-state index is -0.222. The summed E-state index contributed by atoms with van der Waals surface area (Å²) < 4.78 is 0. The predicted octanol–water partition coefficient (Wildman–Crippen LogP) is 5.24. The molecule has 0 heterocycles. The van der Waals surface area contributed by atoms with Crippen molar-refractivity contribution >= 4 is 6.29 Å². The molecule has 0 saturated heterocycles. The Morgan fingerprint density at radius 2 is 1.71 bits per heavy atom. The fourth-order valence-electron chi connectivity index (χ4n) is 3.11. The first-order chi connectivity index (χ1) is 11.3. The van der Waals surface area contributed by atoms with E-state index >= 15 is 0 Å². The fraction of sp³-hybridized carbons (Fsp3) is 0.409. The predicted molar refractivity (Wildman–Crippen MR) is 103 cm³/mol. The normalized spacial score (nSPS) is 23.0. The molecule has 2 heteroatoms. The van der Waals surface area contributed by atoms with Gasteiger partial charge in [-0.25, -0.2) is 0 Å². The second-order valence-electron chi connectivity index (χ2n) is 7.17. The number of hydrogen-bond acceptors (Lipinski definition) is 2. The molecule has 1 aliphatic carbocycles.